The van der Waals surface area contributed by atoms with Crippen molar-refractivity contribution < 1.29 is 18.3 Å². The molecular formula is C30H28FN5O3. The van der Waals surface area contributed by atoms with Crippen LogP contribution < -0.4 is 9.64 Å². The summed E-state index contributed by atoms with van der Waals surface area (Å²) in [6.45, 7) is 2.37. The van der Waals surface area contributed by atoms with Gasteiger partial charge in [-0.2, -0.15) is 5.26 Å². The summed E-state index contributed by atoms with van der Waals surface area (Å²) in [5.41, 5.74) is 4.95. The number of nitriles is 1. The number of hydrogen-bond donors (Lipinski definition) is 0. The van der Waals surface area contributed by atoms with Gasteiger partial charge in [-0.05, 0) is 49.4 Å². The van der Waals surface area contributed by atoms with E-state index in [4.69, 9.17) is 9.15 Å². The number of halogens is 1. The van der Waals surface area contributed by atoms with Crippen LogP contribution in [0.1, 0.15) is 41.7 Å². The zero-order valence-corrected chi connectivity index (χ0v) is 21.7. The molecule has 198 valence electrons. The summed E-state index contributed by atoms with van der Waals surface area (Å²) in [6, 6.07) is 13.2. The lowest BCUT2D eigenvalue weighted by Crippen LogP contribution is -2.36. The number of anilines is 1. The lowest BCUT2D eigenvalue weighted by Gasteiger charge is -2.26. The first kappa shape index (κ1) is 24.9. The maximum absolute atomic E-state index is 13.8. The highest BCUT2D eigenvalue weighted by Crippen LogP contribution is 2.38. The number of fused-ring (bicyclic) bond motifs is 1. The molecule has 1 aromatic carbocycles. The SMILES string of the molecule is COc1cc(C(=O)N2CCCCC2)ncc1-c1cc2nccc(-c3ccc(N4CC[C@H](F)C4)c(C#N)c3)c2o1. The van der Waals surface area contributed by atoms with Crippen molar-refractivity contribution in [1.82, 2.24) is 14.9 Å². The van der Waals surface area contributed by atoms with Crippen LogP contribution in [-0.4, -0.2) is 60.2 Å². The predicted molar refractivity (Wildman–Crippen MR) is 145 cm³/mol. The number of carbonyl (C=O) groups is 1. The number of pyridine rings is 2. The molecule has 6 rings (SSSR count). The zero-order chi connectivity index (χ0) is 26.9. The van der Waals surface area contributed by atoms with Crippen LogP contribution in [0.2, 0.25) is 0 Å². The molecule has 2 aliphatic rings. The number of aromatic nitrogens is 2. The average Bonchev–Trinajstić information content (AvgIpc) is 3.62. The van der Waals surface area contributed by atoms with Crippen molar-refractivity contribution >= 4 is 22.7 Å². The van der Waals surface area contributed by atoms with E-state index in [0.717, 1.165) is 49.2 Å². The summed E-state index contributed by atoms with van der Waals surface area (Å²) in [5.74, 6) is 0.897. The average molecular weight is 526 g/mol. The summed E-state index contributed by atoms with van der Waals surface area (Å²) in [6.07, 6.45) is 6.04. The number of methoxy groups -OCH3 is 1. The van der Waals surface area contributed by atoms with Crippen molar-refractivity contribution in [2.24, 2.45) is 0 Å². The van der Waals surface area contributed by atoms with Crippen LogP contribution in [0.5, 0.6) is 5.75 Å². The molecule has 1 atom stereocenters. The Hall–Kier alpha value is -4.45. The van der Waals surface area contributed by atoms with E-state index < -0.39 is 6.17 Å². The molecule has 0 unspecified atom stereocenters. The fourth-order valence-corrected chi connectivity index (χ4v) is 5.47. The molecule has 0 bridgehead atoms. The van der Waals surface area contributed by atoms with Crippen LogP contribution in [-0.2, 0) is 0 Å². The van der Waals surface area contributed by atoms with Gasteiger partial charge in [0, 0.05) is 56.3 Å². The Morgan fingerprint density at radius 3 is 2.69 bits per heavy atom. The number of alkyl halides is 1. The maximum Gasteiger partial charge on any atom is 0.272 e. The van der Waals surface area contributed by atoms with Gasteiger partial charge in [-0.15, -0.1) is 0 Å². The first-order valence-electron chi connectivity index (χ1n) is 13.2. The number of piperidine rings is 1. The van der Waals surface area contributed by atoms with Crippen molar-refractivity contribution in [2.45, 2.75) is 31.9 Å². The Balaban J connectivity index is 1.35. The van der Waals surface area contributed by atoms with Crippen molar-refractivity contribution in [2.75, 3.05) is 38.2 Å². The predicted octanol–water partition coefficient (Wildman–Crippen LogP) is 5.61. The number of carbonyl (C=O) groups excluding carboxylic acids is 1. The van der Waals surface area contributed by atoms with Crippen molar-refractivity contribution in [1.29, 1.82) is 5.26 Å². The zero-order valence-electron chi connectivity index (χ0n) is 21.7. The molecule has 0 saturated carbocycles. The van der Waals surface area contributed by atoms with Gasteiger partial charge in [0.15, 0.2) is 5.58 Å². The van der Waals surface area contributed by atoms with E-state index in [1.54, 1.807) is 31.6 Å². The standard InChI is InChI=1S/C30H28FN5O3/c1-38-27-15-25(30(37)35-10-3-2-4-11-35)34-17-23(27)28-14-24-29(39-28)22(7-9-33-24)19-5-6-26(20(13-19)16-32)36-12-8-21(31)18-36/h5-7,9,13-15,17,21H,2-4,8,10-12,18H2,1H3/t21-/m0/s1. The Kier molecular flexibility index (Phi) is 6.61. The van der Waals surface area contributed by atoms with E-state index in [9.17, 15) is 14.4 Å². The summed E-state index contributed by atoms with van der Waals surface area (Å²) >= 11 is 0. The number of nitrogens with zero attached hydrogens (tertiary/aromatic N) is 5. The van der Waals surface area contributed by atoms with E-state index in [1.807, 2.05) is 34.1 Å². The van der Waals surface area contributed by atoms with Gasteiger partial charge in [0.05, 0.1) is 23.9 Å². The number of likely N-dealkylation sites (tertiary alicyclic amines) is 1. The molecule has 0 spiro atoms. The Labute approximate surface area is 225 Å². The van der Waals surface area contributed by atoms with Gasteiger partial charge in [0.2, 0.25) is 0 Å². The first-order chi connectivity index (χ1) is 19.1. The summed E-state index contributed by atoms with van der Waals surface area (Å²) in [4.78, 5) is 25.6. The molecule has 8 nitrogen and oxygen atoms in total. The third-order valence-electron chi connectivity index (χ3n) is 7.53. The van der Waals surface area contributed by atoms with Crippen molar-refractivity contribution in [3.05, 3.63) is 60.0 Å². The number of rotatable bonds is 5. The van der Waals surface area contributed by atoms with Crippen LogP contribution in [0.15, 0.2) is 53.2 Å². The monoisotopic (exact) mass is 525 g/mol. The number of ether oxygens (including phenoxy) is 1. The molecule has 0 radical (unpaired) electrons. The molecule has 39 heavy (non-hydrogen) atoms. The van der Waals surface area contributed by atoms with E-state index in [1.165, 1.54) is 0 Å². The molecule has 1 amide bonds. The number of benzene rings is 1. The van der Waals surface area contributed by atoms with Crippen LogP contribution in [0.3, 0.4) is 0 Å². The molecule has 5 heterocycles. The van der Waals surface area contributed by atoms with Gasteiger partial charge < -0.3 is 19.0 Å². The molecule has 2 saturated heterocycles. The smallest absolute Gasteiger partial charge is 0.272 e. The largest absolute Gasteiger partial charge is 0.496 e. The molecule has 0 aliphatic carbocycles. The third-order valence-corrected chi connectivity index (χ3v) is 7.53. The van der Waals surface area contributed by atoms with Crippen LogP contribution in [0.25, 0.3) is 33.6 Å². The fourth-order valence-electron chi connectivity index (χ4n) is 5.47. The lowest BCUT2D eigenvalue weighted by molar-refractivity contribution is 0.0718. The molecule has 2 fully saturated rings. The topological polar surface area (TPSA) is 95.5 Å². The van der Waals surface area contributed by atoms with Gasteiger partial charge in [0.1, 0.15) is 35.0 Å². The first-order valence-corrected chi connectivity index (χ1v) is 13.2. The Bertz CT molecular complexity index is 1590. The Morgan fingerprint density at radius 2 is 1.95 bits per heavy atom. The quantitative estimate of drug-likeness (QED) is 0.334. The van der Waals surface area contributed by atoms with E-state index in [0.29, 0.717) is 58.9 Å². The highest BCUT2D eigenvalue weighted by atomic mass is 19.1. The van der Waals surface area contributed by atoms with E-state index in [2.05, 4.69) is 16.0 Å². The lowest BCUT2D eigenvalue weighted by atomic mass is 10.0. The highest BCUT2D eigenvalue weighted by Gasteiger charge is 2.25. The van der Waals surface area contributed by atoms with Gasteiger partial charge >= 0.3 is 0 Å². The summed E-state index contributed by atoms with van der Waals surface area (Å²) in [5, 5.41) is 9.83. The third kappa shape index (κ3) is 4.67. The second-order valence-corrected chi connectivity index (χ2v) is 9.98. The fraction of sp³-hybridized carbons (Fsp3) is 0.333. The molecule has 2 aliphatic heterocycles. The number of hydrogen-bond acceptors (Lipinski definition) is 7. The Morgan fingerprint density at radius 1 is 1.10 bits per heavy atom. The minimum absolute atomic E-state index is 0.0965. The minimum atomic E-state index is -0.874. The summed E-state index contributed by atoms with van der Waals surface area (Å²) in [7, 11) is 1.55. The molecule has 4 aromatic rings. The van der Waals surface area contributed by atoms with E-state index in [-0.39, 0.29) is 5.91 Å². The number of amides is 1. The molecule has 3 aromatic heterocycles. The minimum Gasteiger partial charge on any atom is -0.496 e. The van der Waals surface area contributed by atoms with Crippen molar-refractivity contribution in [3.8, 4) is 34.3 Å². The van der Waals surface area contributed by atoms with Crippen molar-refractivity contribution in [3.63, 3.8) is 0 Å². The second kappa shape index (κ2) is 10.4. The number of furan rings is 1. The van der Waals surface area contributed by atoms with Gasteiger partial charge in [0.25, 0.3) is 5.91 Å². The van der Waals surface area contributed by atoms with Crippen LogP contribution in [0, 0.1) is 11.3 Å². The molecule has 0 N–H and O–H groups in total. The highest BCUT2D eigenvalue weighted by molar-refractivity contribution is 5.95. The molecule has 9 heteroatoms. The van der Waals surface area contributed by atoms with Gasteiger partial charge in [-0.3, -0.25) is 14.8 Å². The van der Waals surface area contributed by atoms with Crippen LogP contribution in [0.4, 0.5) is 10.1 Å². The van der Waals surface area contributed by atoms with E-state index >= 15 is 0 Å². The molecular weight excluding hydrogens is 497 g/mol. The van der Waals surface area contributed by atoms with Crippen LogP contribution >= 0.6 is 0 Å². The summed E-state index contributed by atoms with van der Waals surface area (Å²) < 4.78 is 25.7. The maximum atomic E-state index is 13.8. The normalized spacial score (nSPS) is 17.4. The van der Waals surface area contributed by atoms with Gasteiger partial charge in [-0.1, -0.05) is 6.07 Å². The second-order valence-electron chi connectivity index (χ2n) is 9.98. The van der Waals surface area contributed by atoms with Gasteiger partial charge in [-0.25, -0.2) is 4.39 Å².